The van der Waals surface area contributed by atoms with Gasteiger partial charge in [0.15, 0.2) is 0 Å². The SMILES string of the molecule is NCCc1nnc(-c2ccc3ccccc3n2)o1. The first-order valence-electron chi connectivity index (χ1n) is 5.75. The summed E-state index contributed by atoms with van der Waals surface area (Å²) in [7, 11) is 0. The molecular weight excluding hydrogens is 228 g/mol. The standard InChI is InChI=1S/C13H12N4O/c14-8-7-12-16-17-13(18-12)11-6-5-9-3-1-2-4-10(9)15-11/h1-6H,7-8,14H2. The number of nitrogens with zero attached hydrogens (tertiary/aromatic N) is 3. The smallest absolute Gasteiger partial charge is 0.266 e. The molecule has 18 heavy (non-hydrogen) atoms. The molecule has 0 amide bonds. The summed E-state index contributed by atoms with van der Waals surface area (Å²) in [6.07, 6.45) is 0.584. The van der Waals surface area contributed by atoms with Gasteiger partial charge in [-0.1, -0.05) is 24.3 Å². The lowest BCUT2D eigenvalue weighted by Gasteiger charge is -1.98. The van der Waals surface area contributed by atoms with Crippen LogP contribution in [-0.4, -0.2) is 21.7 Å². The molecule has 0 spiro atoms. The minimum Gasteiger partial charge on any atom is -0.419 e. The summed E-state index contributed by atoms with van der Waals surface area (Å²) in [5.41, 5.74) is 7.03. The monoisotopic (exact) mass is 240 g/mol. The van der Waals surface area contributed by atoms with E-state index in [0.717, 1.165) is 10.9 Å². The molecule has 0 fully saturated rings. The van der Waals surface area contributed by atoms with E-state index >= 15 is 0 Å². The second kappa shape index (κ2) is 4.54. The van der Waals surface area contributed by atoms with Crippen LogP contribution in [0.4, 0.5) is 0 Å². The molecule has 0 aliphatic heterocycles. The zero-order valence-electron chi connectivity index (χ0n) is 9.71. The first-order chi connectivity index (χ1) is 8.86. The topological polar surface area (TPSA) is 77.8 Å². The van der Waals surface area contributed by atoms with Crippen LogP contribution in [0.15, 0.2) is 40.8 Å². The van der Waals surface area contributed by atoms with Gasteiger partial charge in [0.2, 0.25) is 5.89 Å². The first kappa shape index (κ1) is 10.9. The first-order valence-corrected chi connectivity index (χ1v) is 5.75. The highest BCUT2D eigenvalue weighted by Crippen LogP contribution is 2.19. The van der Waals surface area contributed by atoms with Crippen molar-refractivity contribution < 1.29 is 4.42 Å². The number of nitrogens with two attached hydrogens (primary N) is 1. The Balaban J connectivity index is 2.02. The second-order valence-electron chi connectivity index (χ2n) is 3.93. The van der Waals surface area contributed by atoms with E-state index in [1.807, 2.05) is 36.4 Å². The molecule has 0 bridgehead atoms. The third-order valence-corrected chi connectivity index (χ3v) is 2.64. The summed E-state index contributed by atoms with van der Waals surface area (Å²) in [5, 5.41) is 8.99. The van der Waals surface area contributed by atoms with Gasteiger partial charge in [-0.15, -0.1) is 10.2 Å². The van der Waals surface area contributed by atoms with Crippen LogP contribution >= 0.6 is 0 Å². The van der Waals surface area contributed by atoms with Gasteiger partial charge in [-0.2, -0.15) is 0 Å². The van der Waals surface area contributed by atoms with E-state index < -0.39 is 0 Å². The Labute approximate surface area is 104 Å². The molecule has 0 unspecified atom stereocenters. The molecule has 0 atom stereocenters. The fourth-order valence-corrected chi connectivity index (χ4v) is 1.77. The number of benzene rings is 1. The summed E-state index contributed by atoms with van der Waals surface area (Å²) in [5.74, 6) is 0.978. The average Bonchev–Trinajstić information content (AvgIpc) is 2.87. The van der Waals surface area contributed by atoms with Crippen molar-refractivity contribution in [1.82, 2.24) is 15.2 Å². The van der Waals surface area contributed by atoms with Crippen LogP contribution in [0.25, 0.3) is 22.5 Å². The predicted octanol–water partition coefficient (Wildman–Crippen LogP) is 1.79. The molecule has 0 saturated heterocycles. The fraction of sp³-hybridized carbons (Fsp3) is 0.154. The maximum atomic E-state index is 5.49. The Morgan fingerprint density at radius 1 is 1.06 bits per heavy atom. The predicted molar refractivity (Wildman–Crippen MR) is 67.8 cm³/mol. The lowest BCUT2D eigenvalue weighted by atomic mass is 10.2. The number of hydrogen-bond donors (Lipinski definition) is 1. The Morgan fingerprint density at radius 3 is 2.83 bits per heavy atom. The van der Waals surface area contributed by atoms with Crippen LogP contribution in [0.1, 0.15) is 5.89 Å². The molecule has 1 aromatic carbocycles. The number of para-hydroxylation sites is 1. The minimum absolute atomic E-state index is 0.434. The molecule has 5 heteroatoms. The zero-order chi connectivity index (χ0) is 12.4. The lowest BCUT2D eigenvalue weighted by molar-refractivity contribution is 0.506. The summed E-state index contributed by atoms with van der Waals surface area (Å²) in [6, 6.07) is 11.8. The van der Waals surface area contributed by atoms with Crippen molar-refractivity contribution in [3.8, 4) is 11.6 Å². The highest BCUT2D eigenvalue weighted by Gasteiger charge is 2.09. The quantitative estimate of drug-likeness (QED) is 0.755. The van der Waals surface area contributed by atoms with Gasteiger partial charge < -0.3 is 10.2 Å². The molecule has 2 aromatic heterocycles. The van der Waals surface area contributed by atoms with E-state index in [2.05, 4.69) is 15.2 Å². The molecule has 3 rings (SSSR count). The number of rotatable bonds is 3. The molecule has 90 valence electrons. The van der Waals surface area contributed by atoms with Crippen molar-refractivity contribution >= 4 is 10.9 Å². The van der Waals surface area contributed by atoms with Gasteiger partial charge in [0, 0.05) is 18.4 Å². The molecular formula is C13H12N4O. The third-order valence-electron chi connectivity index (χ3n) is 2.64. The Bertz CT molecular complexity index is 677. The van der Waals surface area contributed by atoms with Gasteiger partial charge in [0.05, 0.1) is 5.52 Å². The normalized spacial score (nSPS) is 10.9. The van der Waals surface area contributed by atoms with E-state index in [0.29, 0.717) is 30.4 Å². The average molecular weight is 240 g/mol. The van der Waals surface area contributed by atoms with E-state index in [1.165, 1.54) is 0 Å². The van der Waals surface area contributed by atoms with Gasteiger partial charge in [-0.05, 0) is 12.1 Å². The molecule has 3 aromatic rings. The second-order valence-corrected chi connectivity index (χ2v) is 3.93. The van der Waals surface area contributed by atoms with Crippen molar-refractivity contribution in [3.05, 3.63) is 42.3 Å². The number of pyridine rings is 1. The molecule has 0 saturated carbocycles. The maximum absolute atomic E-state index is 5.49. The Kier molecular flexibility index (Phi) is 2.74. The van der Waals surface area contributed by atoms with Crippen LogP contribution < -0.4 is 5.73 Å². The number of aromatic nitrogens is 3. The van der Waals surface area contributed by atoms with Gasteiger partial charge in [-0.3, -0.25) is 0 Å². The van der Waals surface area contributed by atoms with E-state index in [4.69, 9.17) is 10.2 Å². The van der Waals surface area contributed by atoms with Gasteiger partial charge in [0.25, 0.3) is 5.89 Å². The summed E-state index contributed by atoms with van der Waals surface area (Å²) in [6.45, 7) is 0.493. The van der Waals surface area contributed by atoms with Crippen molar-refractivity contribution in [2.75, 3.05) is 6.54 Å². The number of hydrogen-bond acceptors (Lipinski definition) is 5. The highest BCUT2D eigenvalue weighted by molar-refractivity contribution is 5.80. The van der Waals surface area contributed by atoms with E-state index in [9.17, 15) is 0 Å². The van der Waals surface area contributed by atoms with Crippen LogP contribution in [0.2, 0.25) is 0 Å². The van der Waals surface area contributed by atoms with Crippen molar-refractivity contribution in [1.29, 1.82) is 0 Å². The van der Waals surface area contributed by atoms with Crippen LogP contribution in [0, 0.1) is 0 Å². The third kappa shape index (κ3) is 1.96. The molecule has 2 heterocycles. The minimum atomic E-state index is 0.434. The van der Waals surface area contributed by atoms with Crippen LogP contribution in [0.5, 0.6) is 0 Å². The molecule has 0 radical (unpaired) electrons. The van der Waals surface area contributed by atoms with Gasteiger partial charge in [-0.25, -0.2) is 4.98 Å². The Hall–Kier alpha value is -2.27. The van der Waals surface area contributed by atoms with Crippen LogP contribution in [-0.2, 0) is 6.42 Å². The van der Waals surface area contributed by atoms with E-state index in [1.54, 1.807) is 0 Å². The molecule has 0 aliphatic rings. The van der Waals surface area contributed by atoms with Crippen molar-refractivity contribution in [2.24, 2.45) is 5.73 Å². The largest absolute Gasteiger partial charge is 0.419 e. The summed E-state index contributed by atoms with van der Waals surface area (Å²) < 4.78 is 5.49. The fourth-order valence-electron chi connectivity index (χ4n) is 1.77. The number of fused-ring (bicyclic) bond motifs is 1. The molecule has 2 N–H and O–H groups in total. The van der Waals surface area contributed by atoms with Crippen LogP contribution in [0.3, 0.4) is 0 Å². The van der Waals surface area contributed by atoms with Crippen molar-refractivity contribution in [2.45, 2.75) is 6.42 Å². The maximum Gasteiger partial charge on any atom is 0.266 e. The van der Waals surface area contributed by atoms with Crippen molar-refractivity contribution in [3.63, 3.8) is 0 Å². The molecule has 0 aliphatic carbocycles. The lowest BCUT2D eigenvalue weighted by Crippen LogP contribution is -2.02. The Morgan fingerprint density at radius 2 is 1.94 bits per heavy atom. The van der Waals surface area contributed by atoms with E-state index in [-0.39, 0.29) is 0 Å². The van der Waals surface area contributed by atoms with Gasteiger partial charge >= 0.3 is 0 Å². The zero-order valence-corrected chi connectivity index (χ0v) is 9.71. The summed E-state index contributed by atoms with van der Waals surface area (Å²) in [4.78, 5) is 4.49. The summed E-state index contributed by atoms with van der Waals surface area (Å²) >= 11 is 0. The highest BCUT2D eigenvalue weighted by atomic mass is 16.4. The molecule has 5 nitrogen and oxygen atoms in total. The van der Waals surface area contributed by atoms with Gasteiger partial charge in [0.1, 0.15) is 5.69 Å².